The van der Waals surface area contributed by atoms with Crippen LogP contribution in [0.25, 0.3) is 22.6 Å². The lowest BCUT2D eigenvalue weighted by molar-refractivity contribution is 0.108. The molecule has 0 saturated heterocycles. The van der Waals surface area contributed by atoms with Gasteiger partial charge in [0, 0.05) is 18.3 Å². The first kappa shape index (κ1) is 18.0. The molecule has 0 radical (unpaired) electrons. The molecule has 3 rings (SSSR count). The molecule has 0 aliphatic heterocycles. The van der Waals surface area contributed by atoms with Crippen molar-refractivity contribution in [2.75, 3.05) is 20.2 Å². The quantitative estimate of drug-likeness (QED) is 0.673. The highest BCUT2D eigenvalue weighted by Crippen LogP contribution is 2.27. The van der Waals surface area contributed by atoms with Crippen molar-refractivity contribution in [1.29, 1.82) is 0 Å². The molecule has 0 amide bonds. The van der Waals surface area contributed by atoms with Gasteiger partial charge in [-0.25, -0.2) is 9.97 Å². The third-order valence-corrected chi connectivity index (χ3v) is 3.92. The van der Waals surface area contributed by atoms with E-state index in [-0.39, 0.29) is 6.61 Å². The first-order valence-corrected chi connectivity index (χ1v) is 8.40. The number of likely N-dealkylation sites (N-methyl/N-ethyl adjacent to an activating group) is 1. The fourth-order valence-corrected chi connectivity index (χ4v) is 2.70. The van der Waals surface area contributed by atoms with Gasteiger partial charge >= 0.3 is 0 Å². The number of aryl methyl sites for hydroxylation is 2. The monoisotopic (exact) mass is 354 g/mol. The summed E-state index contributed by atoms with van der Waals surface area (Å²) in [5.74, 6) is 1.97. The van der Waals surface area contributed by atoms with Gasteiger partial charge in [0.15, 0.2) is 5.82 Å². The summed E-state index contributed by atoms with van der Waals surface area (Å²) < 4.78 is 10.9. The first-order valence-electron chi connectivity index (χ1n) is 8.40. The van der Waals surface area contributed by atoms with E-state index >= 15 is 0 Å². The van der Waals surface area contributed by atoms with E-state index in [1.54, 1.807) is 13.2 Å². The van der Waals surface area contributed by atoms with Gasteiger partial charge < -0.3 is 19.7 Å². The zero-order valence-electron chi connectivity index (χ0n) is 15.1. The lowest BCUT2D eigenvalue weighted by Gasteiger charge is -2.12. The van der Waals surface area contributed by atoms with E-state index in [4.69, 9.17) is 9.26 Å². The van der Waals surface area contributed by atoms with Gasteiger partial charge in [0.2, 0.25) is 0 Å². The topological polar surface area (TPSA) is 93.3 Å². The van der Waals surface area contributed by atoms with Crippen molar-refractivity contribution >= 4 is 0 Å². The Morgan fingerprint density at radius 3 is 2.85 bits per heavy atom. The number of nitrogens with one attached hydrogen (secondary N) is 1. The Labute approximate surface area is 152 Å². The van der Waals surface area contributed by atoms with Crippen molar-refractivity contribution in [3.63, 3.8) is 0 Å². The van der Waals surface area contributed by atoms with E-state index in [0.29, 0.717) is 18.1 Å². The summed E-state index contributed by atoms with van der Waals surface area (Å²) in [7, 11) is 1.78. The summed E-state index contributed by atoms with van der Waals surface area (Å²) in [5.41, 5.74) is 3.28. The molecule has 2 N–H and O–H groups in total. The normalized spacial score (nSPS) is 12.2. The van der Waals surface area contributed by atoms with Crippen LogP contribution in [0.5, 0.6) is 5.75 Å². The standard InChI is InChI=1S/C19H22N4O3/c1-12-18(13(2)26-23-12)17-7-8-21-19(22-17)14-5-4-6-16(9-14)25-11-15(24)10-20-3/h4-9,15,20,24H,10-11H2,1-3H3. The Hall–Kier alpha value is -2.77. The molecule has 2 heterocycles. The number of ether oxygens (including phenoxy) is 1. The summed E-state index contributed by atoms with van der Waals surface area (Å²) in [6.45, 7) is 4.44. The molecule has 1 atom stereocenters. The molecule has 0 fully saturated rings. The van der Waals surface area contributed by atoms with Gasteiger partial charge in [0.05, 0.1) is 17.0 Å². The Morgan fingerprint density at radius 1 is 1.27 bits per heavy atom. The number of hydrogen-bond acceptors (Lipinski definition) is 7. The van der Waals surface area contributed by atoms with E-state index in [1.807, 2.05) is 44.2 Å². The average Bonchev–Trinajstić information content (AvgIpc) is 2.99. The minimum atomic E-state index is -0.567. The molecule has 1 aromatic carbocycles. The Morgan fingerprint density at radius 2 is 2.12 bits per heavy atom. The van der Waals surface area contributed by atoms with Crippen LogP contribution >= 0.6 is 0 Å². The van der Waals surface area contributed by atoms with E-state index in [9.17, 15) is 5.11 Å². The molecule has 2 aromatic heterocycles. The molecule has 3 aromatic rings. The predicted molar refractivity (Wildman–Crippen MR) is 97.9 cm³/mol. The number of rotatable bonds is 7. The first-order chi connectivity index (χ1) is 12.6. The smallest absolute Gasteiger partial charge is 0.159 e. The van der Waals surface area contributed by atoms with E-state index in [0.717, 1.165) is 28.3 Å². The maximum Gasteiger partial charge on any atom is 0.159 e. The fraction of sp³-hybridized carbons (Fsp3) is 0.316. The summed E-state index contributed by atoms with van der Waals surface area (Å²) in [6.07, 6.45) is 1.15. The van der Waals surface area contributed by atoms with Crippen molar-refractivity contribution in [2.24, 2.45) is 0 Å². The highest BCUT2D eigenvalue weighted by atomic mass is 16.5. The molecular formula is C19H22N4O3. The summed E-state index contributed by atoms with van der Waals surface area (Å²) in [6, 6.07) is 9.33. The van der Waals surface area contributed by atoms with Crippen molar-refractivity contribution in [1.82, 2.24) is 20.4 Å². The second-order valence-electron chi connectivity index (χ2n) is 6.01. The van der Waals surface area contributed by atoms with Crippen molar-refractivity contribution < 1.29 is 14.4 Å². The number of aliphatic hydroxyl groups is 1. The molecule has 136 valence electrons. The minimum Gasteiger partial charge on any atom is -0.491 e. The molecule has 0 saturated carbocycles. The molecule has 1 unspecified atom stereocenters. The molecule has 0 aliphatic rings. The van der Waals surface area contributed by atoms with E-state index < -0.39 is 6.10 Å². The van der Waals surface area contributed by atoms with Crippen LogP contribution in [0.2, 0.25) is 0 Å². The maximum absolute atomic E-state index is 9.76. The minimum absolute atomic E-state index is 0.213. The predicted octanol–water partition coefficient (Wildman–Crippen LogP) is 2.37. The van der Waals surface area contributed by atoms with Gasteiger partial charge in [0.25, 0.3) is 0 Å². The molecule has 7 nitrogen and oxygen atoms in total. The maximum atomic E-state index is 9.76. The number of hydrogen-bond donors (Lipinski definition) is 2. The zero-order chi connectivity index (χ0) is 18.5. The third kappa shape index (κ3) is 4.07. The molecule has 0 bridgehead atoms. The van der Waals surface area contributed by atoms with Gasteiger partial charge in [-0.15, -0.1) is 0 Å². The number of aliphatic hydroxyl groups excluding tert-OH is 1. The largest absolute Gasteiger partial charge is 0.491 e. The van der Waals surface area contributed by atoms with E-state index in [1.165, 1.54) is 0 Å². The van der Waals surface area contributed by atoms with Gasteiger partial charge in [0.1, 0.15) is 24.2 Å². The number of nitrogens with zero attached hydrogens (tertiary/aromatic N) is 3. The van der Waals surface area contributed by atoms with E-state index in [2.05, 4.69) is 20.4 Å². The molecular weight excluding hydrogens is 332 g/mol. The van der Waals surface area contributed by atoms with Crippen molar-refractivity contribution in [2.45, 2.75) is 20.0 Å². The van der Waals surface area contributed by atoms with Gasteiger partial charge in [-0.2, -0.15) is 0 Å². The van der Waals surface area contributed by atoms with Gasteiger partial charge in [-0.3, -0.25) is 0 Å². The SMILES string of the molecule is CNCC(O)COc1cccc(-c2nccc(-c3c(C)noc3C)n2)c1. The highest BCUT2D eigenvalue weighted by molar-refractivity contribution is 5.66. The molecule has 7 heteroatoms. The van der Waals surface area contributed by atoms with Crippen LogP contribution < -0.4 is 10.1 Å². The van der Waals surface area contributed by atoms with Crippen LogP contribution in [0.3, 0.4) is 0 Å². The van der Waals surface area contributed by atoms with Crippen LogP contribution in [0.4, 0.5) is 0 Å². The fourth-order valence-electron chi connectivity index (χ4n) is 2.70. The van der Waals surface area contributed by atoms with Crippen LogP contribution in [0.1, 0.15) is 11.5 Å². The van der Waals surface area contributed by atoms with Gasteiger partial charge in [-0.1, -0.05) is 17.3 Å². The van der Waals surface area contributed by atoms with Crippen molar-refractivity contribution in [3.8, 4) is 28.4 Å². The summed E-state index contributed by atoms with van der Waals surface area (Å²) in [5, 5.41) is 16.7. The Bertz CT molecular complexity index is 859. The van der Waals surface area contributed by atoms with Gasteiger partial charge in [-0.05, 0) is 39.1 Å². The van der Waals surface area contributed by atoms with Crippen LogP contribution in [0, 0.1) is 13.8 Å². The lowest BCUT2D eigenvalue weighted by Crippen LogP contribution is -2.29. The molecule has 0 spiro atoms. The average molecular weight is 354 g/mol. The highest BCUT2D eigenvalue weighted by Gasteiger charge is 2.14. The van der Waals surface area contributed by atoms with Crippen LogP contribution in [0.15, 0.2) is 41.1 Å². The second kappa shape index (κ2) is 8.07. The second-order valence-corrected chi connectivity index (χ2v) is 6.01. The summed E-state index contributed by atoms with van der Waals surface area (Å²) in [4.78, 5) is 9.01. The van der Waals surface area contributed by atoms with Crippen LogP contribution in [-0.2, 0) is 0 Å². The Balaban J connectivity index is 1.84. The number of benzene rings is 1. The molecule has 26 heavy (non-hydrogen) atoms. The summed E-state index contributed by atoms with van der Waals surface area (Å²) >= 11 is 0. The number of aromatic nitrogens is 3. The third-order valence-electron chi connectivity index (χ3n) is 3.92. The Kier molecular flexibility index (Phi) is 5.60. The van der Waals surface area contributed by atoms with Crippen molar-refractivity contribution in [3.05, 3.63) is 48.0 Å². The van der Waals surface area contributed by atoms with Crippen LogP contribution in [-0.4, -0.2) is 46.5 Å². The lowest BCUT2D eigenvalue weighted by atomic mass is 10.1. The zero-order valence-corrected chi connectivity index (χ0v) is 15.1. The molecule has 0 aliphatic carbocycles.